The Balaban J connectivity index is 2.23. The second-order valence-corrected chi connectivity index (χ2v) is 5.81. The van der Waals surface area contributed by atoms with Gasteiger partial charge in [0.2, 0.25) is 0 Å². The highest BCUT2D eigenvalue weighted by Crippen LogP contribution is 2.35. The van der Waals surface area contributed by atoms with Gasteiger partial charge in [0.25, 0.3) is 5.91 Å². The minimum Gasteiger partial charge on any atom is -0.497 e. The van der Waals surface area contributed by atoms with E-state index < -0.39 is 12.5 Å². The second-order valence-electron chi connectivity index (χ2n) is 4.72. The van der Waals surface area contributed by atoms with Gasteiger partial charge in [0.1, 0.15) is 12.4 Å². The molecular formula is C14H18N2O3S. The number of nitrogens with one attached hydrogen (secondary N) is 1. The number of amides is 1. The van der Waals surface area contributed by atoms with E-state index in [-0.39, 0.29) is 5.54 Å². The Kier molecular flexibility index (Phi) is 4.67. The van der Waals surface area contributed by atoms with Crippen molar-refractivity contribution in [2.45, 2.75) is 18.9 Å². The summed E-state index contributed by atoms with van der Waals surface area (Å²) in [5, 5.41) is 12.0. The maximum Gasteiger partial charge on any atom is 0.251 e. The van der Waals surface area contributed by atoms with Crippen LogP contribution in [0, 0.1) is 0 Å². The van der Waals surface area contributed by atoms with Gasteiger partial charge in [0.15, 0.2) is 5.17 Å². The Bertz CT molecular complexity index is 516. The number of aliphatic hydroxyl groups is 1. The Morgan fingerprint density at radius 3 is 2.80 bits per heavy atom. The lowest BCUT2D eigenvalue weighted by Gasteiger charge is -2.30. The minimum absolute atomic E-state index is 0.365. The van der Waals surface area contributed by atoms with Gasteiger partial charge in [-0.3, -0.25) is 9.79 Å². The number of thioether (sulfide) groups is 1. The first kappa shape index (κ1) is 14.9. The normalized spacial score (nSPS) is 22.1. The van der Waals surface area contributed by atoms with Crippen molar-refractivity contribution >= 4 is 22.8 Å². The van der Waals surface area contributed by atoms with Gasteiger partial charge in [0, 0.05) is 5.75 Å². The molecule has 0 spiro atoms. The molecule has 6 heteroatoms. The highest BCUT2D eigenvalue weighted by atomic mass is 32.2. The van der Waals surface area contributed by atoms with Gasteiger partial charge in [-0.1, -0.05) is 23.9 Å². The van der Waals surface area contributed by atoms with Crippen LogP contribution in [0.5, 0.6) is 5.75 Å². The summed E-state index contributed by atoms with van der Waals surface area (Å²) in [6, 6.07) is 7.79. The zero-order chi connectivity index (χ0) is 14.6. The molecule has 20 heavy (non-hydrogen) atoms. The topological polar surface area (TPSA) is 70.9 Å². The zero-order valence-corrected chi connectivity index (χ0v) is 12.4. The lowest BCUT2D eigenvalue weighted by molar-refractivity contribution is -0.122. The summed E-state index contributed by atoms with van der Waals surface area (Å²) in [7, 11) is 1.63. The molecule has 2 rings (SSSR count). The molecular weight excluding hydrogens is 276 g/mol. The van der Waals surface area contributed by atoms with E-state index in [4.69, 9.17) is 9.84 Å². The third-order valence-corrected chi connectivity index (χ3v) is 4.15. The molecule has 0 aromatic heterocycles. The van der Waals surface area contributed by atoms with E-state index >= 15 is 0 Å². The number of amidine groups is 1. The zero-order valence-electron chi connectivity index (χ0n) is 11.5. The molecule has 0 aliphatic carbocycles. The first-order chi connectivity index (χ1) is 9.57. The smallest absolute Gasteiger partial charge is 0.251 e. The summed E-state index contributed by atoms with van der Waals surface area (Å²) >= 11 is 1.49. The Labute approximate surface area is 122 Å². The second kappa shape index (κ2) is 6.28. The van der Waals surface area contributed by atoms with E-state index in [1.54, 1.807) is 7.11 Å². The van der Waals surface area contributed by atoms with E-state index in [1.165, 1.54) is 11.8 Å². The average Bonchev–Trinajstić information content (AvgIpc) is 2.47. The van der Waals surface area contributed by atoms with Gasteiger partial charge >= 0.3 is 0 Å². The first-order valence-corrected chi connectivity index (χ1v) is 7.34. The van der Waals surface area contributed by atoms with Gasteiger partial charge < -0.3 is 15.2 Å². The van der Waals surface area contributed by atoms with E-state index in [0.717, 1.165) is 23.5 Å². The summed E-state index contributed by atoms with van der Waals surface area (Å²) in [5.41, 5.74) is 0.713. The van der Waals surface area contributed by atoms with Gasteiger partial charge in [-0.05, 0) is 31.0 Å². The maximum atomic E-state index is 11.2. The summed E-state index contributed by atoms with van der Waals surface area (Å²) in [5.74, 6) is 1.24. The number of rotatable bonds is 3. The molecule has 5 nitrogen and oxygen atoms in total. The molecule has 1 aliphatic rings. The summed E-state index contributed by atoms with van der Waals surface area (Å²) < 4.78 is 5.15. The molecule has 1 aliphatic heterocycles. The molecule has 0 radical (unpaired) electrons. The standard InChI is InChI=1S/C14H18N2O3S/c1-14(10-3-5-11(19-2)6-4-10)7-8-20-13(16-14)15-12(18)9-17/h3-6,17H,7-9H2,1-2H3,(H,15,16,18). The largest absolute Gasteiger partial charge is 0.497 e. The third-order valence-electron chi connectivity index (χ3n) is 3.28. The number of nitrogens with zero attached hydrogens (tertiary/aromatic N) is 1. The van der Waals surface area contributed by atoms with E-state index in [1.807, 2.05) is 31.2 Å². The van der Waals surface area contributed by atoms with Crippen molar-refractivity contribution < 1.29 is 14.6 Å². The van der Waals surface area contributed by atoms with Gasteiger partial charge in [0.05, 0.1) is 12.6 Å². The number of methoxy groups -OCH3 is 1. The number of benzene rings is 1. The van der Waals surface area contributed by atoms with Crippen LogP contribution in [0.15, 0.2) is 29.3 Å². The minimum atomic E-state index is -0.529. The average molecular weight is 294 g/mol. The summed E-state index contributed by atoms with van der Waals surface area (Å²) in [6.07, 6.45) is 0.891. The molecule has 1 heterocycles. The van der Waals surface area contributed by atoms with Crippen LogP contribution in [0.3, 0.4) is 0 Å². The van der Waals surface area contributed by atoms with Crippen molar-refractivity contribution in [1.82, 2.24) is 5.32 Å². The van der Waals surface area contributed by atoms with Crippen molar-refractivity contribution in [2.24, 2.45) is 4.99 Å². The predicted molar refractivity (Wildman–Crippen MR) is 80.1 cm³/mol. The lowest BCUT2D eigenvalue weighted by Crippen LogP contribution is -2.36. The van der Waals surface area contributed by atoms with E-state index in [9.17, 15) is 4.79 Å². The number of hydrogen-bond donors (Lipinski definition) is 2. The molecule has 0 saturated carbocycles. The van der Waals surface area contributed by atoms with Gasteiger partial charge in [-0.15, -0.1) is 0 Å². The fraction of sp³-hybridized carbons (Fsp3) is 0.429. The van der Waals surface area contributed by atoms with Crippen LogP contribution in [0.2, 0.25) is 0 Å². The molecule has 2 N–H and O–H groups in total. The van der Waals surface area contributed by atoms with Gasteiger partial charge in [-0.2, -0.15) is 0 Å². The molecule has 0 fully saturated rings. The van der Waals surface area contributed by atoms with Crippen molar-refractivity contribution in [3.05, 3.63) is 29.8 Å². The van der Waals surface area contributed by atoms with Crippen LogP contribution in [0.1, 0.15) is 18.9 Å². The van der Waals surface area contributed by atoms with Crippen molar-refractivity contribution in [2.75, 3.05) is 19.5 Å². The van der Waals surface area contributed by atoms with Crippen molar-refractivity contribution in [3.63, 3.8) is 0 Å². The lowest BCUT2D eigenvalue weighted by atomic mass is 9.90. The third kappa shape index (κ3) is 3.32. The van der Waals surface area contributed by atoms with Gasteiger partial charge in [-0.25, -0.2) is 0 Å². The van der Waals surface area contributed by atoms with Crippen LogP contribution in [0.4, 0.5) is 0 Å². The van der Waals surface area contributed by atoms with E-state index in [0.29, 0.717) is 5.17 Å². The monoisotopic (exact) mass is 294 g/mol. The SMILES string of the molecule is COc1ccc(C2(C)CCSC(NC(=O)CO)=N2)cc1. The van der Waals surface area contributed by atoms with Crippen LogP contribution >= 0.6 is 11.8 Å². The maximum absolute atomic E-state index is 11.2. The molecule has 0 saturated heterocycles. The number of aliphatic hydroxyl groups excluding tert-OH is 1. The highest BCUT2D eigenvalue weighted by molar-refractivity contribution is 8.13. The summed E-state index contributed by atoms with van der Waals surface area (Å²) in [4.78, 5) is 15.9. The number of aliphatic imine (C=N–C) groups is 1. The van der Waals surface area contributed by atoms with Crippen LogP contribution in [0.25, 0.3) is 0 Å². The number of ether oxygens (including phenoxy) is 1. The molecule has 0 bridgehead atoms. The Hall–Kier alpha value is -1.53. The first-order valence-electron chi connectivity index (χ1n) is 6.35. The quantitative estimate of drug-likeness (QED) is 0.886. The molecule has 1 aromatic carbocycles. The highest BCUT2D eigenvalue weighted by Gasteiger charge is 2.30. The van der Waals surface area contributed by atoms with Crippen LogP contribution < -0.4 is 10.1 Å². The predicted octanol–water partition coefficient (Wildman–Crippen LogP) is 1.51. The molecule has 1 atom stereocenters. The Morgan fingerprint density at radius 2 is 2.20 bits per heavy atom. The summed E-state index contributed by atoms with van der Waals surface area (Å²) in [6.45, 7) is 1.51. The van der Waals surface area contributed by atoms with E-state index in [2.05, 4.69) is 10.3 Å². The van der Waals surface area contributed by atoms with Crippen LogP contribution in [-0.4, -0.2) is 35.7 Å². The fourth-order valence-electron chi connectivity index (χ4n) is 2.04. The number of hydrogen-bond acceptors (Lipinski definition) is 5. The Morgan fingerprint density at radius 1 is 1.50 bits per heavy atom. The van der Waals surface area contributed by atoms with Crippen molar-refractivity contribution in [1.29, 1.82) is 0 Å². The molecule has 108 valence electrons. The molecule has 1 amide bonds. The number of carbonyl (C=O) groups is 1. The molecule has 1 unspecified atom stereocenters. The fourth-order valence-corrected chi connectivity index (χ4v) is 3.19. The van der Waals surface area contributed by atoms with Crippen molar-refractivity contribution in [3.8, 4) is 5.75 Å². The molecule has 1 aromatic rings. The number of carbonyl (C=O) groups excluding carboxylic acids is 1. The van der Waals surface area contributed by atoms with Crippen LogP contribution in [-0.2, 0) is 10.3 Å².